The van der Waals surface area contributed by atoms with Crippen LogP contribution < -0.4 is 0 Å². The molecule has 27 heavy (non-hydrogen) atoms. The maximum atomic E-state index is 4.01. The smallest absolute Gasteiger partial charge is 0.00673 e. The summed E-state index contributed by atoms with van der Waals surface area (Å²) in [6.07, 6.45) is 17.4. The molecule has 0 amide bonds. The molecule has 1 rings (SSSR count). The van der Waals surface area contributed by atoms with Crippen LogP contribution in [0.15, 0.2) is 104 Å². The number of allylic oxidation sites excluding steroid dienone is 11. The van der Waals surface area contributed by atoms with Gasteiger partial charge in [0, 0.05) is 0 Å². The number of hydrogen-bond donors (Lipinski definition) is 0. The van der Waals surface area contributed by atoms with Crippen LogP contribution in [0.1, 0.15) is 36.1 Å². The van der Waals surface area contributed by atoms with E-state index in [9.17, 15) is 0 Å². The van der Waals surface area contributed by atoms with Gasteiger partial charge in [0.2, 0.25) is 0 Å². The van der Waals surface area contributed by atoms with Crippen molar-refractivity contribution in [1.82, 2.24) is 0 Å². The predicted octanol–water partition coefficient (Wildman–Crippen LogP) is 8.04. The fraction of sp³-hybridized carbons (Fsp3) is 0.111. The van der Waals surface area contributed by atoms with Crippen LogP contribution in [0.5, 0.6) is 0 Å². The van der Waals surface area contributed by atoms with Crippen LogP contribution in [0.4, 0.5) is 0 Å². The third kappa shape index (κ3) is 4.95. The summed E-state index contributed by atoms with van der Waals surface area (Å²) < 4.78 is 0. The van der Waals surface area contributed by atoms with Crippen LogP contribution >= 0.6 is 0 Å². The summed E-state index contributed by atoms with van der Waals surface area (Å²) in [5, 5.41) is 0. The monoisotopic (exact) mass is 354 g/mol. The Kier molecular flexibility index (Phi) is 8.75. The number of aryl methyl sites for hydroxylation is 1. The highest BCUT2D eigenvalue weighted by atomic mass is 14.2. The molecular formula is C27H30. The Morgan fingerprint density at radius 1 is 0.963 bits per heavy atom. The summed E-state index contributed by atoms with van der Waals surface area (Å²) in [5.41, 5.74) is 8.75. The van der Waals surface area contributed by atoms with E-state index in [1.807, 2.05) is 43.4 Å². The SMILES string of the molecule is C=C/C=C\C(=C(C=C)C=C)/C(=C(/C)C=C)c1c(C)ccc(C=C)c1/C=C\C. The van der Waals surface area contributed by atoms with Crippen LogP contribution in [0.25, 0.3) is 17.7 Å². The number of benzene rings is 1. The van der Waals surface area contributed by atoms with Gasteiger partial charge < -0.3 is 0 Å². The predicted molar refractivity (Wildman–Crippen MR) is 126 cm³/mol. The van der Waals surface area contributed by atoms with Gasteiger partial charge in [0.05, 0.1) is 0 Å². The summed E-state index contributed by atoms with van der Waals surface area (Å²) >= 11 is 0. The van der Waals surface area contributed by atoms with Crippen LogP contribution in [0.2, 0.25) is 0 Å². The van der Waals surface area contributed by atoms with Crippen molar-refractivity contribution in [3.8, 4) is 0 Å². The molecule has 0 atom stereocenters. The normalized spacial score (nSPS) is 11.8. The first-order valence-corrected chi connectivity index (χ1v) is 9.01. The number of rotatable bonds is 9. The molecule has 0 saturated carbocycles. The standard InChI is InChI=1S/C27H30/c1-9-15-17-25(22(12-4)13-5)26(20(7)11-3)27-21(8)18-19-23(14-6)24(27)16-10-2/h9-19H,1,3-6H2,2,7-8H3/b16-10-,17-15-,26-20+. The highest BCUT2D eigenvalue weighted by molar-refractivity contribution is 5.93. The second-order valence-electron chi connectivity index (χ2n) is 6.10. The molecule has 0 unspecified atom stereocenters. The second kappa shape index (κ2) is 10.8. The van der Waals surface area contributed by atoms with Crippen LogP contribution in [0, 0.1) is 6.92 Å². The van der Waals surface area contributed by atoms with E-state index < -0.39 is 0 Å². The average Bonchev–Trinajstić information content (AvgIpc) is 2.68. The molecule has 0 bridgehead atoms. The minimum atomic E-state index is 0.958. The van der Waals surface area contributed by atoms with Gasteiger partial charge >= 0.3 is 0 Å². The third-order valence-electron chi connectivity index (χ3n) is 4.41. The molecule has 0 saturated heterocycles. The highest BCUT2D eigenvalue weighted by Crippen LogP contribution is 2.37. The van der Waals surface area contributed by atoms with Gasteiger partial charge in [0.1, 0.15) is 0 Å². The third-order valence-corrected chi connectivity index (χ3v) is 4.41. The van der Waals surface area contributed by atoms with Crippen LogP contribution in [-0.4, -0.2) is 0 Å². The van der Waals surface area contributed by atoms with E-state index in [-0.39, 0.29) is 0 Å². The van der Waals surface area contributed by atoms with Crippen LogP contribution in [0.3, 0.4) is 0 Å². The first-order valence-electron chi connectivity index (χ1n) is 9.01. The van der Waals surface area contributed by atoms with E-state index in [0.717, 1.165) is 39.0 Å². The van der Waals surface area contributed by atoms with Crippen LogP contribution in [-0.2, 0) is 0 Å². The molecule has 0 spiro atoms. The van der Waals surface area contributed by atoms with Crippen molar-refractivity contribution in [2.45, 2.75) is 20.8 Å². The Labute approximate surface area is 165 Å². The Bertz CT molecular complexity index is 867. The molecule has 138 valence electrons. The highest BCUT2D eigenvalue weighted by Gasteiger charge is 2.18. The van der Waals surface area contributed by atoms with E-state index in [1.54, 1.807) is 6.08 Å². The second-order valence-corrected chi connectivity index (χ2v) is 6.10. The minimum absolute atomic E-state index is 0.958. The molecule has 0 heteroatoms. The van der Waals surface area contributed by atoms with Crippen molar-refractivity contribution >= 4 is 17.7 Å². The summed E-state index contributed by atoms with van der Waals surface area (Å²) in [5.74, 6) is 0. The molecule has 0 nitrogen and oxygen atoms in total. The quantitative estimate of drug-likeness (QED) is 0.394. The molecule has 0 aromatic heterocycles. The van der Waals surface area contributed by atoms with Gasteiger partial charge in [-0.25, -0.2) is 0 Å². The van der Waals surface area contributed by atoms with E-state index in [4.69, 9.17) is 0 Å². The van der Waals surface area contributed by atoms with Gasteiger partial charge in [-0.1, -0.05) is 99.7 Å². The molecule has 0 aliphatic carbocycles. The maximum Gasteiger partial charge on any atom is -0.00673 e. The molecule has 0 aliphatic heterocycles. The van der Waals surface area contributed by atoms with Gasteiger partial charge in [-0.15, -0.1) is 0 Å². The molecular weight excluding hydrogens is 324 g/mol. The topological polar surface area (TPSA) is 0 Å². The summed E-state index contributed by atoms with van der Waals surface area (Å²) in [6.45, 7) is 26.0. The Hall–Kier alpha value is -3.12. The fourth-order valence-corrected chi connectivity index (χ4v) is 3.04. The van der Waals surface area contributed by atoms with E-state index >= 15 is 0 Å². The zero-order chi connectivity index (χ0) is 20.4. The van der Waals surface area contributed by atoms with Crippen molar-refractivity contribution in [3.05, 3.63) is 127 Å². The zero-order valence-corrected chi connectivity index (χ0v) is 16.9. The lowest BCUT2D eigenvalue weighted by atomic mass is 9.83. The van der Waals surface area contributed by atoms with Crippen molar-refractivity contribution in [2.75, 3.05) is 0 Å². The average molecular weight is 355 g/mol. The molecule has 0 fully saturated rings. The van der Waals surface area contributed by atoms with E-state index in [1.165, 1.54) is 5.56 Å². The summed E-state index contributed by atoms with van der Waals surface area (Å²) in [6, 6.07) is 4.24. The van der Waals surface area contributed by atoms with Gasteiger partial charge in [0.25, 0.3) is 0 Å². The van der Waals surface area contributed by atoms with Gasteiger partial charge in [-0.05, 0) is 65.3 Å². The lowest BCUT2D eigenvalue weighted by Gasteiger charge is -2.21. The van der Waals surface area contributed by atoms with Crippen molar-refractivity contribution in [2.24, 2.45) is 0 Å². The Balaban J connectivity index is 4.18. The molecule has 0 aliphatic rings. The first-order chi connectivity index (χ1) is 13.0. The first kappa shape index (κ1) is 21.9. The van der Waals surface area contributed by atoms with Crippen molar-refractivity contribution in [1.29, 1.82) is 0 Å². The molecule has 1 aromatic rings. The molecule has 1 aromatic carbocycles. The van der Waals surface area contributed by atoms with Gasteiger partial charge in [-0.2, -0.15) is 0 Å². The lowest BCUT2D eigenvalue weighted by molar-refractivity contribution is 1.36. The maximum absolute atomic E-state index is 4.01. The van der Waals surface area contributed by atoms with Gasteiger partial charge in [-0.3, -0.25) is 0 Å². The van der Waals surface area contributed by atoms with Gasteiger partial charge in [0.15, 0.2) is 0 Å². The van der Waals surface area contributed by atoms with E-state index in [0.29, 0.717) is 0 Å². The Morgan fingerprint density at radius 3 is 2.11 bits per heavy atom. The van der Waals surface area contributed by atoms with Crippen molar-refractivity contribution < 1.29 is 0 Å². The summed E-state index contributed by atoms with van der Waals surface area (Å²) in [7, 11) is 0. The van der Waals surface area contributed by atoms with Crippen molar-refractivity contribution in [3.63, 3.8) is 0 Å². The zero-order valence-electron chi connectivity index (χ0n) is 16.9. The number of hydrogen-bond acceptors (Lipinski definition) is 0. The summed E-state index contributed by atoms with van der Waals surface area (Å²) in [4.78, 5) is 0. The van der Waals surface area contributed by atoms with E-state index in [2.05, 4.69) is 71.0 Å². The fourth-order valence-electron chi connectivity index (χ4n) is 3.04. The lowest BCUT2D eigenvalue weighted by Crippen LogP contribution is -2.01. The molecule has 0 N–H and O–H groups in total. The molecule has 0 heterocycles. The minimum Gasteiger partial charge on any atom is -0.0991 e. The Morgan fingerprint density at radius 2 is 1.63 bits per heavy atom. The molecule has 0 radical (unpaired) electrons. The largest absolute Gasteiger partial charge is 0.0991 e.